The van der Waals surface area contributed by atoms with Crippen LogP contribution in [0.25, 0.3) is 0 Å². The number of fused-ring (bicyclic) bond motifs is 3. The Kier molecular flexibility index (Phi) is 10.5. The number of hydroxylamine groups is 1. The molecule has 6 atom stereocenters. The Morgan fingerprint density at radius 3 is 2.40 bits per heavy atom. The number of ketones is 3. The molecule has 1 heterocycles. The highest BCUT2D eigenvalue weighted by molar-refractivity contribution is 6.31. The number of rotatable bonds is 7. The van der Waals surface area contributed by atoms with Gasteiger partial charge in [0.15, 0.2) is 17.9 Å². The first-order valence-corrected chi connectivity index (χ1v) is 13.2. The van der Waals surface area contributed by atoms with Gasteiger partial charge in [0.05, 0.1) is 48.2 Å². The molecule has 1 aliphatic heterocycles. The molecule has 0 aromatic heterocycles. The van der Waals surface area contributed by atoms with E-state index in [9.17, 15) is 44.7 Å². The normalized spacial score (nSPS) is 26.7. The summed E-state index contributed by atoms with van der Waals surface area (Å²) in [5.74, 6) is -4.14. The Balaban J connectivity index is 0.00000276. The second-order valence-corrected chi connectivity index (χ2v) is 10.6. The van der Waals surface area contributed by atoms with Crippen molar-refractivity contribution in [1.82, 2.24) is 11.6 Å². The molecule has 0 spiro atoms. The van der Waals surface area contributed by atoms with Crippen LogP contribution >= 0.6 is 12.4 Å². The summed E-state index contributed by atoms with van der Waals surface area (Å²) in [7, 11) is 1.29. The zero-order valence-electron chi connectivity index (χ0n) is 24.0. The smallest absolute Gasteiger partial charge is 0.507 e. The SMILES string of the molecule is COc1cccc2c1C(=O)c1c(O)c3c(c(O)c1C2=O)C[C@@](O)(C(=O)CO)C[C@@H]3OC1CC(NOC(=O)O)C(O)C(C)O1.Cl.N. The maximum atomic E-state index is 13.7. The molecule has 2 aliphatic carbocycles. The lowest BCUT2D eigenvalue weighted by Gasteiger charge is -2.42. The number of carboxylic acid groups (broad SMARTS) is 1. The molecule has 0 bridgehead atoms. The molecule has 3 aliphatic rings. The summed E-state index contributed by atoms with van der Waals surface area (Å²) in [5.41, 5.74) is -1.92. The standard InChI is InChI=1S/C28H29NO14.ClH.H3N/c1-10-22(32)13(29-43-27(37)38)6-17(41-10)42-15-8-28(39,16(31)9-30)7-12-19(15)26(36)21-20(24(12)34)23(33)11-4-3-5-14(40-2)18(11)25(21)35;;/h3-5,10,13,15,17,22,29-30,32,34,36,39H,6-9H2,1-2H3,(H,37,38);1H;1H3/t10?,13?,15-,17?,22?,28-;;/m0../s1. The van der Waals surface area contributed by atoms with Crippen LogP contribution in [0.3, 0.4) is 0 Å². The van der Waals surface area contributed by atoms with Crippen molar-refractivity contribution in [3.8, 4) is 17.2 Å². The highest BCUT2D eigenvalue weighted by Crippen LogP contribution is 2.52. The molecule has 0 radical (unpaired) electrons. The number of phenolic OH excluding ortho intramolecular Hbond substituents is 2. The molecule has 4 unspecified atom stereocenters. The number of aliphatic hydroxyl groups excluding tert-OH is 2. The Labute approximate surface area is 261 Å². The van der Waals surface area contributed by atoms with E-state index in [1.54, 1.807) is 0 Å². The number of aromatic hydroxyl groups is 2. The van der Waals surface area contributed by atoms with Gasteiger partial charge < -0.3 is 55.8 Å². The van der Waals surface area contributed by atoms with Crippen molar-refractivity contribution in [2.75, 3.05) is 13.7 Å². The fourth-order valence-corrected chi connectivity index (χ4v) is 5.96. The van der Waals surface area contributed by atoms with Crippen LogP contribution in [-0.2, 0) is 25.5 Å². The van der Waals surface area contributed by atoms with Crippen molar-refractivity contribution in [3.63, 3.8) is 0 Å². The van der Waals surface area contributed by atoms with E-state index in [1.807, 2.05) is 0 Å². The summed E-state index contributed by atoms with van der Waals surface area (Å²) in [6, 6.07) is 3.24. The van der Waals surface area contributed by atoms with E-state index >= 15 is 0 Å². The molecule has 16 nitrogen and oxygen atoms in total. The number of halogens is 1. The number of phenols is 2. The first-order valence-electron chi connectivity index (χ1n) is 13.2. The summed E-state index contributed by atoms with van der Waals surface area (Å²) >= 11 is 0. The third-order valence-electron chi connectivity index (χ3n) is 8.06. The van der Waals surface area contributed by atoms with Crippen LogP contribution in [-0.4, -0.2) is 98.0 Å². The number of carbonyl (C=O) groups is 4. The van der Waals surface area contributed by atoms with Gasteiger partial charge in [-0.3, -0.25) is 14.4 Å². The van der Waals surface area contributed by atoms with Gasteiger partial charge in [-0.2, -0.15) is 0 Å². The maximum Gasteiger partial charge on any atom is 0.525 e. The molecule has 1 fully saturated rings. The zero-order valence-corrected chi connectivity index (χ0v) is 24.8. The highest BCUT2D eigenvalue weighted by atomic mass is 35.5. The van der Waals surface area contributed by atoms with Gasteiger partial charge in [0, 0.05) is 36.0 Å². The number of benzene rings is 2. The number of ether oxygens (including phenoxy) is 3. The van der Waals surface area contributed by atoms with Gasteiger partial charge in [-0.1, -0.05) is 12.1 Å². The molecule has 246 valence electrons. The molecule has 45 heavy (non-hydrogen) atoms. The van der Waals surface area contributed by atoms with Crippen molar-refractivity contribution < 1.29 is 68.9 Å². The quantitative estimate of drug-likeness (QED) is 0.129. The molecule has 5 rings (SSSR count). The molecule has 2 aromatic rings. The second kappa shape index (κ2) is 13.2. The van der Waals surface area contributed by atoms with E-state index in [1.165, 1.54) is 32.2 Å². The van der Waals surface area contributed by atoms with Gasteiger partial charge in [0.2, 0.25) is 5.78 Å². The Morgan fingerprint density at radius 2 is 1.78 bits per heavy atom. The summed E-state index contributed by atoms with van der Waals surface area (Å²) < 4.78 is 17.0. The van der Waals surface area contributed by atoms with Crippen LogP contribution in [0, 0.1) is 0 Å². The van der Waals surface area contributed by atoms with Crippen molar-refractivity contribution in [2.45, 2.75) is 62.4 Å². The van der Waals surface area contributed by atoms with Crippen LogP contribution < -0.4 is 16.4 Å². The number of nitrogens with one attached hydrogen (secondary N) is 1. The average Bonchev–Trinajstić information content (AvgIpc) is 2.97. The molecule has 0 saturated carbocycles. The van der Waals surface area contributed by atoms with E-state index in [0.717, 1.165) is 0 Å². The highest BCUT2D eigenvalue weighted by Gasteiger charge is 2.50. The second-order valence-electron chi connectivity index (χ2n) is 10.6. The third kappa shape index (κ3) is 5.94. The van der Waals surface area contributed by atoms with Crippen molar-refractivity contribution in [2.24, 2.45) is 0 Å². The summed E-state index contributed by atoms with van der Waals surface area (Å²) in [4.78, 5) is 55.2. The minimum Gasteiger partial charge on any atom is -0.507 e. The molecular weight excluding hydrogens is 624 g/mol. The summed E-state index contributed by atoms with van der Waals surface area (Å²) in [6.45, 7) is 0.382. The van der Waals surface area contributed by atoms with Crippen LogP contribution in [0.5, 0.6) is 17.2 Å². The predicted octanol–water partition coefficient (Wildman–Crippen LogP) is 0.826. The largest absolute Gasteiger partial charge is 0.525 e. The summed E-state index contributed by atoms with van der Waals surface area (Å²) in [6.07, 6.45) is -8.04. The number of carbonyl (C=O) groups excluding carboxylic acids is 3. The van der Waals surface area contributed by atoms with Crippen molar-refractivity contribution in [3.05, 3.63) is 51.6 Å². The summed E-state index contributed by atoms with van der Waals surface area (Å²) in [5, 5.41) is 63.1. The lowest BCUT2D eigenvalue weighted by molar-refractivity contribution is -0.255. The number of hydrogen-bond donors (Lipinski definition) is 8. The average molecular weight is 657 g/mol. The van der Waals surface area contributed by atoms with E-state index < -0.39 is 102 Å². The van der Waals surface area contributed by atoms with E-state index in [0.29, 0.717) is 0 Å². The molecule has 0 amide bonds. The third-order valence-corrected chi connectivity index (χ3v) is 8.06. The number of methoxy groups -OCH3 is 1. The fourth-order valence-electron chi connectivity index (χ4n) is 5.96. The lowest BCUT2D eigenvalue weighted by Crippen LogP contribution is -2.54. The number of Topliss-reactive ketones (excluding diaryl/α,β-unsaturated/α-hetero) is 1. The van der Waals surface area contributed by atoms with Crippen molar-refractivity contribution >= 4 is 35.9 Å². The minimum absolute atomic E-state index is 0. The van der Waals surface area contributed by atoms with Gasteiger partial charge in [0.1, 0.15) is 29.5 Å². The van der Waals surface area contributed by atoms with E-state index in [-0.39, 0.29) is 53.0 Å². The Hall–Kier alpha value is -3.87. The van der Waals surface area contributed by atoms with Crippen molar-refractivity contribution in [1.29, 1.82) is 0 Å². The predicted molar refractivity (Wildman–Crippen MR) is 152 cm³/mol. The van der Waals surface area contributed by atoms with E-state index in [4.69, 9.17) is 19.3 Å². The van der Waals surface area contributed by atoms with Crippen LogP contribution in [0.2, 0.25) is 0 Å². The first kappa shape index (κ1) is 35.6. The first-order chi connectivity index (χ1) is 20.3. The van der Waals surface area contributed by atoms with E-state index in [2.05, 4.69) is 10.3 Å². The van der Waals surface area contributed by atoms with Gasteiger partial charge >= 0.3 is 6.16 Å². The van der Waals surface area contributed by atoms with Gasteiger partial charge in [0.25, 0.3) is 0 Å². The molecule has 17 heteroatoms. The van der Waals surface area contributed by atoms with Crippen LogP contribution in [0.15, 0.2) is 18.2 Å². The Morgan fingerprint density at radius 1 is 1.11 bits per heavy atom. The number of aliphatic hydroxyl groups is 3. The molecular formula is C28H33ClN2O14. The Bertz CT molecular complexity index is 1530. The maximum absolute atomic E-state index is 13.7. The molecule has 10 N–H and O–H groups in total. The zero-order chi connectivity index (χ0) is 31.4. The van der Waals surface area contributed by atoms with Crippen LogP contribution in [0.1, 0.15) is 68.8 Å². The molecule has 2 aromatic carbocycles. The van der Waals surface area contributed by atoms with Crippen LogP contribution in [0.4, 0.5) is 4.79 Å². The monoisotopic (exact) mass is 656 g/mol. The van der Waals surface area contributed by atoms with Gasteiger partial charge in [-0.15, -0.1) is 17.9 Å². The fraction of sp³-hybridized carbons (Fsp3) is 0.429. The minimum atomic E-state index is -2.34. The number of hydrogen-bond acceptors (Lipinski definition) is 15. The molecule has 1 saturated heterocycles. The topological polar surface area (TPSA) is 274 Å². The lowest BCUT2D eigenvalue weighted by atomic mass is 9.72. The van der Waals surface area contributed by atoms with Gasteiger partial charge in [-0.05, 0) is 13.0 Å². The van der Waals surface area contributed by atoms with Gasteiger partial charge in [-0.25, -0.2) is 4.79 Å².